The van der Waals surface area contributed by atoms with Crippen LogP contribution in [0.3, 0.4) is 0 Å². The van der Waals surface area contributed by atoms with Gasteiger partial charge in [0, 0.05) is 39.3 Å². The minimum Gasteiger partial charge on any atom is -0.397 e. The van der Waals surface area contributed by atoms with Crippen LogP contribution in [0.5, 0.6) is 0 Å². The third kappa shape index (κ3) is 3.35. The van der Waals surface area contributed by atoms with E-state index in [1.165, 1.54) is 5.56 Å². The van der Waals surface area contributed by atoms with Gasteiger partial charge in [-0.1, -0.05) is 6.07 Å². The summed E-state index contributed by atoms with van der Waals surface area (Å²) in [6, 6.07) is 5.86. The highest BCUT2D eigenvalue weighted by Gasteiger charge is 2.16. The van der Waals surface area contributed by atoms with Gasteiger partial charge in [0.05, 0.1) is 18.0 Å². The summed E-state index contributed by atoms with van der Waals surface area (Å²) in [6.45, 7) is 6.04. The fraction of sp³-hybridized carbons (Fsp3) is 0.538. The molecule has 0 aromatic heterocycles. The molecule has 0 spiro atoms. The molecule has 2 rings (SSSR count). The third-order valence-corrected chi connectivity index (χ3v) is 3.44. The summed E-state index contributed by atoms with van der Waals surface area (Å²) in [5, 5.41) is 8.90. The van der Waals surface area contributed by atoms with Gasteiger partial charge in [-0.05, 0) is 17.7 Å². The second-order valence-electron chi connectivity index (χ2n) is 4.80. The maximum atomic E-state index is 8.90. The van der Waals surface area contributed by atoms with Crippen LogP contribution in [0.25, 0.3) is 0 Å². The van der Waals surface area contributed by atoms with Gasteiger partial charge in [-0.15, -0.1) is 0 Å². The molecule has 1 saturated heterocycles. The molecule has 0 amide bonds. The summed E-state index contributed by atoms with van der Waals surface area (Å²) in [7, 11) is 0. The van der Waals surface area contributed by atoms with Gasteiger partial charge in [-0.3, -0.25) is 9.80 Å². The van der Waals surface area contributed by atoms with Gasteiger partial charge in [0.15, 0.2) is 0 Å². The Kier molecular flexibility index (Phi) is 4.41. The van der Waals surface area contributed by atoms with E-state index in [4.69, 9.17) is 16.6 Å². The Morgan fingerprint density at radius 1 is 1.00 bits per heavy atom. The third-order valence-electron chi connectivity index (χ3n) is 3.44. The smallest absolute Gasteiger partial charge is 0.0558 e. The average molecular weight is 250 g/mol. The summed E-state index contributed by atoms with van der Waals surface area (Å²) in [6.07, 6.45) is 0. The van der Waals surface area contributed by atoms with Crippen molar-refractivity contribution in [2.45, 2.75) is 6.54 Å². The largest absolute Gasteiger partial charge is 0.397 e. The van der Waals surface area contributed by atoms with Crippen molar-refractivity contribution < 1.29 is 5.11 Å². The normalized spacial score (nSPS) is 18.1. The van der Waals surface area contributed by atoms with Gasteiger partial charge in [0.1, 0.15) is 0 Å². The second-order valence-corrected chi connectivity index (χ2v) is 4.80. The van der Waals surface area contributed by atoms with E-state index in [9.17, 15) is 0 Å². The molecule has 1 fully saturated rings. The number of benzene rings is 1. The zero-order chi connectivity index (χ0) is 13.0. The van der Waals surface area contributed by atoms with Gasteiger partial charge < -0.3 is 16.6 Å². The van der Waals surface area contributed by atoms with Crippen LogP contribution < -0.4 is 11.5 Å². The lowest BCUT2D eigenvalue weighted by Crippen LogP contribution is -2.46. The first-order chi connectivity index (χ1) is 8.69. The van der Waals surface area contributed by atoms with Crippen LogP contribution in [-0.2, 0) is 6.54 Å². The maximum Gasteiger partial charge on any atom is 0.0558 e. The lowest BCUT2D eigenvalue weighted by atomic mass is 10.1. The van der Waals surface area contributed by atoms with Gasteiger partial charge in [-0.25, -0.2) is 0 Å². The van der Waals surface area contributed by atoms with Gasteiger partial charge in [0.25, 0.3) is 0 Å². The molecule has 0 atom stereocenters. The Bertz CT molecular complexity index is 389. The molecule has 0 saturated carbocycles. The molecule has 1 aromatic rings. The van der Waals surface area contributed by atoms with Crippen LogP contribution in [0.4, 0.5) is 11.4 Å². The molecule has 18 heavy (non-hydrogen) atoms. The standard InChI is InChI=1S/C13H22N4O/c14-12-2-1-11(9-13(12)15)10-17-5-3-16(4-6-17)7-8-18/h1-2,9,18H,3-8,10,14-15H2. The molecule has 1 heterocycles. The van der Waals surface area contributed by atoms with Gasteiger partial charge in [0.2, 0.25) is 0 Å². The Hall–Kier alpha value is -1.30. The van der Waals surface area contributed by atoms with Crippen LogP contribution in [-0.4, -0.2) is 54.2 Å². The topological polar surface area (TPSA) is 78.8 Å². The first-order valence-electron chi connectivity index (χ1n) is 6.38. The number of aliphatic hydroxyl groups excluding tert-OH is 1. The Morgan fingerprint density at radius 2 is 1.67 bits per heavy atom. The van der Waals surface area contributed by atoms with Crippen molar-refractivity contribution in [3.05, 3.63) is 23.8 Å². The highest BCUT2D eigenvalue weighted by atomic mass is 16.3. The van der Waals surface area contributed by atoms with Crippen molar-refractivity contribution in [1.29, 1.82) is 0 Å². The molecule has 5 nitrogen and oxygen atoms in total. The van der Waals surface area contributed by atoms with E-state index in [0.29, 0.717) is 11.4 Å². The minimum atomic E-state index is 0.245. The Morgan fingerprint density at radius 3 is 2.28 bits per heavy atom. The number of β-amino-alcohol motifs (C(OH)–C–C–N with tert-alkyl or cyclic N) is 1. The number of nitrogen functional groups attached to an aromatic ring is 2. The molecule has 5 N–H and O–H groups in total. The fourth-order valence-electron chi connectivity index (χ4n) is 2.29. The number of rotatable bonds is 4. The number of aliphatic hydroxyl groups is 1. The molecular formula is C13H22N4O. The SMILES string of the molecule is Nc1ccc(CN2CCN(CCO)CC2)cc1N. The quantitative estimate of drug-likeness (QED) is 0.654. The lowest BCUT2D eigenvalue weighted by molar-refractivity contribution is 0.108. The number of nitrogens with zero attached hydrogens (tertiary/aromatic N) is 2. The predicted molar refractivity (Wildman–Crippen MR) is 74.1 cm³/mol. The molecule has 100 valence electrons. The fourth-order valence-corrected chi connectivity index (χ4v) is 2.29. The van der Waals surface area contributed by atoms with E-state index in [2.05, 4.69) is 9.80 Å². The van der Waals surface area contributed by atoms with Crippen molar-refractivity contribution in [1.82, 2.24) is 9.80 Å². The molecule has 0 aliphatic carbocycles. The average Bonchev–Trinajstić information content (AvgIpc) is 2.37. The van der Waals surface area contributed by atoms with E-state index in [0.717, 1.165) is 39.3 Å². The van der Waals surface area contributed by atoms with E-state index in [-0.39, 0.29) is 6.61 Å². The zero-order valence-corrected chi connectivity index (χ0v) is 10.7. The summed E-state index contributed by atoms with van der Waals surface area (Å²) in [5.41, 5.74) is 14.0. The lowest BCUT2D eigenvalue weighted by Gasteiger charge is -2.34. The molecule has 0 bridgehead atoms. The Labute approximate surface area is 108 Å². The highest BCUT2D eigenvalue weighted by Crippen LogP contribution is 2.17. The van der Waals surface area contributed by atoms with E-state index in [1.807, 2.05) is 18.2 Å². The van der Waals surface area contributed by atoms with Crippen molar-refractivity contribution in [2.24, 2.45) is 0 Å². The monoisotopic (exact) mass is 250 g/mol. The van der Waals surface area contributed by atoms with Gasteiger partial charge in [-0.2, -0.15) is 0 Å². The number of nitrogens with two attached hydrogens (primary N) is 2. The molecule has 1 aliphatic heterocycles. The summed E-state index contributed by atoms with van der Waals surface area (Å²) in [5.74, 6) is 0. The number of hydrogen-bond donors (Lipinski definition) is 3. The van der Waals surface area contributed by atoms with E-state index < -0.39 is 0 Å². The van der Waals surface area contributed by atoms with Crippen LogP contribution in [0.2, 0.25) is 0 Å². The molecule has 5 heteroatoms. The summed E-state index contributed by atoms with van der Waals surface area (Å²) >= 11 is 0. The first kappa shape index (κ1) is 13.1. The van der Waals surface area contributed by atoms with Crippen molar-refractivity contribution in [2.75, 3.05) is 50.8 Å². The minimum absolute atomic E-state index is 0.245. The number of hydrogen-bond acceptors (Lipinski definition) is 5. The van der Waals surface area contributed by atoms with Crippen LogP contribution in [0.15, 0.2) is 18.2 Å². The van der Waals surface area contributed by atoms with Crippen LogP contribution in [0.1, 0.15) is 5.56 Å². The molecule has 0 unspecified atom stereocenters. The summed E-state index contributed by atoms with van der Waals surface area (Å²) < 4.78 is 0. The first-order valence-corrected chi connectivity index (χ1v) is 6.38. The second kappa shape index (κ2) is 6.04. The van der Waals surface area contributed by atoms with Crippen LogP contribution in [0, 0.1) is 0 Å². The van der Waals surface area contributed by atoms with E-state index in [1.54, 1.807) is 0 Å². The maximum absolute atomic E-state index is 8.90. The van der Waals surface area contributed by atoms with Gasteiger partial charge >= 0.3 is 0 Å². The predicted octanol–water partition coefficient (Wildman–Crippen LogP) is -0.0391. The molecular weight excluding hydrogens is 228 g/mol. The highest BCUT2D eigenvalue weighted by molar-refractivity contribution is 5.63. The van der Waals surface area contributed by atoms with Crippen molar-refractivity contribution in [3.8, 4) is 0 Å². The number of anilines is 2. The molecule has 0 radical (unpaired) electrons. The zero-order valence-electron chi connectivity index (χ0n) is 10.7. The van der Waals surface area contributed by atoms with E-state index >= 15 is 0 Å². The van der Waals surface area contributed by atoms with Crippen LogP contribution >= 0.6 is 0 Å². The van der Waals surface area contributed by atoms with Crippen molar-refractivity contribution >= 4 is 11.4 Å². The molecule has 1 aliphatic rings. The van der Waals surface area contributed by atoms with Crippen molar-refractivity contribution in [3.63, 3.8) is 0 Å². The molecule has 1 aromatic carbocycles. The summed E-state index contributed by atoms with van der Waals surface area (Å²) in [4.78, 5) is 4.69. The number of piperazine rings is 1. The Balaban J connectivity index is 1.85.